The zero-order valence-electron chi connectivity index (χ0n) is 10.1. The van der Waals surface area contributed by atoms with Gasteiger partial charge in [-0.2, -0.15) is 4.99 Å². The van der Waals surface area contributed by atoms with Gasteiger partial charge < -0.3 is 10.5 Å². The molecule has 0 spiro atoms. The summed E-state index contributed by atoms with van der Waals surface area (Å²) in [5.41, 5.74) is 2.43. The molecular weight excluding hydrogens is 234 g/mol. The van der Waals surface area contributed by atoms with Crippen molar-refractivity contribution < 1.29 is 14.7 Å². The molecule has 0 radical (unpaired) electrons. The molecule has 2 rings (SSSR count). The van der Waals surface area contributed by atoms with Gasteiger partial charge in [0.25, 0.3) is 0 Å². The summed E-state index contributed by atoms with van der Waals surface area (Å²) in [6.45, 7) is 3.14. The van der Waals surface area contributed by atoms with Gasteiger partial charge in [0, 0.05) is 11.3 Å². The molecule has 6 heteroatoms. The fraction of sp³-hybridized carbons (Fsp3) is 0.250. The van der Waals surface area contributed by atoms with E-state index in [0.29, 0.717) is 17.1 Å². The highest BCUT2D eigenvalue weighted by Crippen LogP contribution is 2.31. The Morgan fingerprint density at radius 3 is 2.83 bits per heavy atom. The number of aryl methyl sites for hydroxylation is 1. The van der Waals surface area contributed by atoms with E-state index in [1.807, 2.05) is 0 Å². The van der Waals surface area contributed by atoms with Crippen LogP contribution in [0.15, 0.2) is 17.1 Å². The van der Waals surface area contributed by atoms with Crippen LogP contribution in [0.1, 0.15) is 18.9 Å². The largest absolute Gasteiger partial charge is 0.623 e. The molecule has 0 aliphatic carbocycles. The van der Waals surface area contributed by atoms with E-state index >= 15 is 0 Å². The van der Waals surface area contributed by atoms with Crippen LogP contribution in [0, 0.1) is 12.1 Å². The average Bonchev–Trinajstić information content (AvgIpc) is 2.58. The number of hydrogen-bond acceptors (Lipinski definition) is 4. The summed E-state index contributed by atoms with van der Waals surface area (Å²) in [5.74, 6) is -0.561. The number of Topliss-reactive ketones (excluding diaryl/α,β-unsaturated/α-hetero) is 1. The minimum absolute atomic E-state index is 0.121. The van der Waals surface area contributed by atoms with Crippen LogP contribution in [0.5, 0.6) is 0 Å². The van der Waals surface area contributed by atoms with Crippen LogP contribution in [-0.4, -0.2) is 18.0 Å². The predicted octanol–water partition coefficient (Wildman–Crippen LogP) is 0.600. The van der Waals surface area contributed by atoms with Gasteiger partial charge in [-0.3, -0.25) is 14.7 Å². The lowest BCUT2D eigenvalue weighted by atomic mass is 10.1. The van der Waals surface area contributed by atoms with E-state index < -0.39 is 0 Å². The molecule has 1 aromatic carbocycles. The van der Waals surface area contributed by atoms with Gasteiger partial charge in [0.05, 0.1) is 6.42 Å². The van der Waals surface area contributed by atoms with Gasteiger partial charge in [-0.1, -0.05) is 0 Å². The third kappa shape index (κ3) is 2.44. The van der Waals surface area contributed by atoms with Crippen LogP contribution in [-0.2, 0) is 9.59 Å². The molecule has 0 saturated carbocycles. The predicted molar refractivity (Wildman–Crippen MR) is 67.2 cm³/mol. The number of rotatable bonds is 3. The van der Waals surface area contributed by atoms with Crippen molar-refractivity contribution in [1.29, 1.82) is 0 Å². The molecule has 1 amide bonds. The quantitative estimate of drug-likeness (QED) is 0.605. The molecule has 1 atom stereocenters. The molecule has 18 heavy (non-hydrogen) atoms. The maximum absolute atomic E-state index is 11.5. The van der Waals surface area contributed by atoms with E-state index in [0.717, 1.165) is 5.56 Å². The molecular formula is C12H13N3O3. The molecule has 0 aromatic heterocycles. The first-order valence-corrected chi connectivity index (χ1v) is 5.49. The molecule has 6 nitrogen and oxygen atoms in total. The number of nitrogens with one attached hydrogen (secondary N) is 2. The van der Waals surface area contributed by atoms with Crippen LogP contribution >= 0.6 is 0 Å². The molecule has 1 aromatic rings. The summed E-state index contributed by atoms with van der Waals surface area (Å²) >= 11 is 0. The minimum atomic E-state index is -0.366. The fourth-order valence-corrected chi connectivity index (χ4v) is 1.89. The summed E-state index contributed by atoms with van der Waals surface area (Å²) in [6.07, 6.45) is 1.11. The van der Waals surface area contributed by atoms with E-state index in [1.54, 1.807) is 19.1 Å². The van der Waals surface area contributed by atoms with Gasteiger partial charge in [0.15, 0.2) is 12.0 Å². The summed E-state index contributed by atoms with van der Waals surface area (Å²) in [4.78, 5) is 26.3. The SMILES string of the molecule is CC(=O)CC(=O)Nc1cc(C)c2c(c1)N=C[NH+]2[O-]. The van der Waals surface area contributed by atoms with Crippen LogP contribution < -0.4 is 10.4 Å². The Morgan fingerprint density at radius 1 is 1.44 bits per heavy atom. The monoisotopic (exact) mass is 247 g/mol. The third-order valence-electron chi connectivity index (χ3n) is 2.58. The van der Waals surface area contributed by atoms with E-state index in [9.17, 15) is 14.8 Å². The van der Waals surface area contributed by atoms with Crippen LogP contribution in [0.25, 0.3) is 0 Å². The Kier molecular flexibility index (Phi) is 3.22. The Morgan fingerprint density at radius 2 is 2.17 bits per heavy atom. The number of carbonyl (C=O) groups excluding carboxylic acids is 2. The molecule has 0 fully saturated rings. The van der Waals surface area contributed by atoms with E-state index in [-0.39, 0.29) is 23.2 Å². The molecule has 1 unspecified atom stereocenters. The van der Waals surface area contributed by atoms with Crippen molar-refractivity contribution in [3.05, 3.63) is 22.9 Å². The number of benzene rings is 1. The second-order valence-electron chi connectivity index (χ2n) is 4.24. The molecule has 1 heterocycles. The van der Waals surface area contributed by atoms with Crippen molar-refractivity contribution in [2.45, 2.75) is 20.3 Å². The summed E-state index contributed by atoms with van der Waals surface area (Å²) in [5, 5.41) is 14.0. The highest BCUT2D eigenvalue weighted by Gasteiger charge is 2.19. The smallest absolute Gasteiger partial charge is 0.231 e. The first-order valence-electron chi connectivity index (χ1n) is 5.49. The van der Waals surface area contributed by atoms with Crippen molar-refractivity contribution in [1.82, 2.24) is 0 Å². The summed E-state index contributed by atoms with van der Waals surface area (Å²) in [7, 11) is 0. The molecule has 0 bridgehead atoms. The first-order chi connectivity index (χ1) is 8.47. The summed E-state index contributed by atoms with van der Waals surface area (Å²) < 4.78 is 0. The maximum Gasteiger partial charge on any atom is 0.231 e. The van der Waals surface area contributed by atoms with Crippen LogP contribution in [0.2, 0.25) is 0 Å². The zero-order chi connectivity index (χ0) is 13.3. The minimum Gasteiger partial charge on any atom is -0.623 e. The number of ketones is 1. The average molecular weight is 247 g/mol. The second-order valence-corrected chi connectivity index (χ2v) is 4.24. The Balaban J connectivity index is 2.21. The number of anilines is 1. The standard InChI is InChI=1S/C12H13N3O3/c1-7-3-9(14-11(17)4-8(2)16)5-10-12(7)15(18)6-13-10/h3,5-6,15H,4H2,1-2H3,(H,14,17). The van der Waals surface area contributed by atoms with Gasteiger partial charge in [0.2, 0.25) is 5.91 Å². The van der Waals surface area contributed by atoms with E-state index in [2.05, 4.69) is 10.3 Å². The number of hydrogen-bond donors (Lipinski definition) is 2. The van der Waals surface area contributed by atoms with E-state index in [1.165, 1.54) is 13.3 Å². The van der Waals surface area contributed by atoms with Crippen molar-refractivity contribution in [2.75, 3.05) is 5.32 Å². The summed E-state index contributed by atoms with van der Waals surface area (Å²) in [6, 6.07) is 3.32. The van der Waals surface area contributed by atoms with Gasteiger partial charge in [0.1, 0.15) is 11.5 Å². The second kappa shape index (κ2) is 4.67. The lowest BCUT2D eigenvalue weighted by Gasteiger charge is -2.15. The maximum atomic E-state index is 11.5. The number of carbonyl (C=O) groups is 2. The highest BCUT2D eigenvalue weighted by molar-refractivity contribution is 6.04. The van der Waals surface area contributed by atoms with Crippen molar-refractivity contribution in [3.8, 4) is 0 Å². The zero-order valence-corrected chi connectivity index (χ0v) is 10.1. The van der Waals surface area contributed by atoms with Gasteiger partial charge in [-0.15, -0.1) is 0 Å². The van der Waals surface area contributed by atoms with Crippen LogP contribution in [0.4, 0.5) is 17.1 Å². The van der Waals surface area contributed by atoms with Gasteiger partial charge in [-0.25, -0.2) is 0 Å². The fourth-order valence-electron chi connectivity index (χ4n) is 1.89. The number of amides is 1. The van der Waals surface area contributed by atoms with Crippen molar-refractivity contribution in [3.63, 3.8) is 0 Å². The molecule has 94 valence electrons. The lowest BCUT2D eigenvalue weighted by molar-refractivity contribution is -0.655. The number of quaternary nitrogens is 1. The molecule has 0 saturated heterocycles. The first kappa shape index (κ1) is 12.4. The van der Waals surface area contributed by atoms with Crippen molar-refractivity contribution >= 4 is 35.1 Å². The number of nitrogens with zero attached hydrogens (tertiary/aromatic N) is 1. The molecule has 2 N–H and O–H groups in total. The van der Waals surface area contributed by atoms with Crippen molar-refractivity contribution in [2.24, 2.45) is 4.99 Å². The number of fused-ring (bicyclic) bond motifs is 1. The topological polar surface area (TPSA) is 86.0 Å². The molecule has 1 aliphatic heterocycles. The van der Waals surface area contributed by atoms with Gasteiger partial charge in [-0.05, 0) is 26.0 Å². The Hall–Kier alpha value is -2.05. The highest BCUT2D eigenvalue weighted by atomic mass is 16.5. The third-order valence-corrected chi connectivity index (χ3v) is 2.58. The lowest BCUT2D eigenvalue weighted by Crippen LogP contribution is -2.99. The van der Waals surface area contributed by atoms with Crippen LogP contribution in [0.3, 0.4) is 0 Å². The normalized spacial score (nSPS) is 16.5. The van der Waals surface area contributed by atoms with E-state index in [4.69, 9.17) is 0 Å². The number of aliphatic imine (C=N–C) groups is 1. The number of hydroxylamine groups is 1. The molecule has 1 aliphatic rings. The van der Waals surface area contributed by atoms with Gasteiger partial charge >= 0.3 is 0 Å². The Bertz CT molecular complexity index is 552. The Labute approximate surface area is 104 Å².